The van der Waals surface area contributed by atoms with Crippen LogP contribution in [0.5, 0.6) is 0 Å². The molecule has 2 aromatic carbocycles. The molecule has 164 valence electrons. The van der Waals surface area contributed by atoms with E-state index in [-0.39, 0.29) is 13.2 Å². The van der Waals surface area contributed by atoms with Crippen LogP contribution in [0.25, 0.3) is 0 Å². The highest BCUT2D eigenvalue weighted by Crippen LogP contribution is 2.30. The summed E-state index contributed by atoms with van der Waals surface area (Å²) >= 11 is 2.06. The molecule has 0 saturated carbocycles. The Bertz CT molecular complexity index is 879. The van der Waals surface area contributed by atoms with Crippen LogP contribution in [-0.2, 0) is 41.7 Å². The molecule has 30 heavy (non-hydrogen) atoms. The zero-order valence-electron chi connectivity index (χ0n) is 16.5. The predicted molar refractivity (Wildman–Crippen MR) is 120 cm³/mol. The molecule has 1 N–H and O–H groups in total. The van der Waals surface area contributed by atoms with Gasteiger partial charge in [-0.3, -0.25) is 4.18 Å². The zero-order chi connectivity index (χ0) is 21.6. The van der Waals surface area contributed by atoms with Crippen LogP contribution >= 0.6 is 22.6 Å². The quantitative estimate of drug-likeness (QED) is 0.293. The van der Waals surface area contributed by atoms with Crippen molar-refractivity contribution in [1.82, 2.24) is 0 Å². The SMILES string of the molecule is CS(=O)(=O)O[C@H]1[C@H](OCc2ccccc2)[C@@H](OCc2ccccc2)[C@@H](O)O[C@@H]1CI. The summed E-state index contributed by atoms with van der Waals surface area (Å²) in [5.41, 5.74) is 1.81. The molecule has 5 atom stereocenters. The molecule has 1 fully saturated rings. The summed E-state index contributed by atoms with van der Waals surface area (Å²) < 4.78 is 47.2. The first-order valence-electron chi connectivity index (χ1n) is 9.46. The fraction of sp³-hybridized carbons (Fsp3) is 0.429. The Morgan fingerprint density at radius 2 is 1.40 bits per heavy atom. The molecular weight excluding hydrogens is 523 g/mol. The maximum absolute atomic E-state index is 11.9. The third-order valence-corrected chi connectivity index (χ3v) is 6.06. The van der Waals surface area contributed by atoms with Gasteiger partial charge in [-0.25, -0.2) is 0 Å². The Balaban J connectivity index is 1.83. The lowest BCUT2D eigenvalue weighted by Gasteiger charge is -2.43. The van der Waals surface area contributed by atoms with E-state index in [1.807, 2.05) is 60.7 Å². The first-order valence-corrected chi connectivity index (χ1v) is 12.8. The molecule has 1 aliphatic rings. The van der Waals surface area contributed by atoms with E-state index in [4.69, 9.17) is 18.4 Å². The van der Waals surface area contributed by atoms with E-state index in [1.165, 1.54) is 0 Å². The minimum Gasteiger partial charge on any atom is -0.368 e. The number of aliphatic hydroxyl groups is 1. The average Bonchev–Trinajstić information content (AvgIpc) is 2.73. The van der Waals surface area contributed by atoms with Crippen LogP contribution in [0.15, 0.2) is 60.7 Å². The number of benzene rings is 2. The lowest BCUT2D eigenvalue weighted by Crippen LogP contribution is -2.61. The maximum atomic E-state index is 11.9. The van der Waals surface area contributed by atoms with Crippen molar-refractivity contribution >= 4 is 32.7 Å². The molecule has 0 radical (unpaired) electrons. The second kappa shape index (κ2) is 11.0. The lowest BCUT2D eigenvalue weighted by atomic mass is 9.99. The smallest absolute Gasteiger partial charge is 0.264 e. The largest absolute Gasteiger partial charge is 0.368 e. The summed E-state index contributed by atoms with van der Waals surface area (Å²) in [5, 5.41) is 10.6. The van der Waals surface area contributed by atoms with Crippen molar-refractivity contribution in [3.63, 3.8) is 0 Å². The summed E-state index contributed by atoms with van der Waals surface area (Å²) in [6.07, 6.45) is -3.71. The topological polar surface area (TPSA) is 91.3 Å². The minimum atomic E-state index is -3.79. The molecule has 0 aromatic heterocycles. The number of halogens is 1. The van der Waals surface area contributed by atoms with Crippen LogP contribution in [0.2, 0.25) is 0 Å². The monoisotopic (exact) mass is 548 g/mol. The van der Waals surface area contributed by atoms with E-state index in [2.05, 4.69) is 22.6 Å². The second-order valence-electron chi connectivity index (χ2n) is 7.01. The van der Waals surface area contributed by atoms with Gasteiger partial charge in [0.1, 0.15) is 18.3 Å². The van der Waals surface area contributed by atoms with Crippen molar-refractivity contribution in [3.05, 3.63) is 71.8 Å². The van der Waals surface area contributed by atoms with Crippen molar-refractivity contribution < 1.29 is 31.9 Å². The fourth-order valence-corrected chi connectivity index (χ4v) is 4.58. The molecule has 0 bridgehead atoms. The number of aliphatic hydroxyl groups excluding tert-OH is 1. The summed E-state index contributed by atoms with van der Waals surface area (Å²) in [6, 6.07) is 18.9. The van der Waals surface area contributed by atoms with Crippen molar-refractivity contribution in [2.45, 2.75) is 43.9 Å². The molecule has 0 unspecified atom stereocenters. The van der Waals surface area contributed by atoms with Crippen LogP contribution in [0.4, 0.5) is 0 Å². The van der Waals surface area contributed by atoms with Crippen LogP contribution < -0.4 is 0 Å². The van der Waals surface area contributed by atoms with E-state index in [1.54, 1.807) is 0 Å². The zero-order valence-corrected chi connectivity index (χ0v) is 19.4. The Morgan fingerprint density at radius 1 is 0.900 bits per heavy atom. The van der Waals surface area contributed by atoms with E-state index in [9.17, 15) is 13.5 Å². The van der Waals surface area contributed by atoms with E-state index in [0.29, 0.717) is 4.43 Å². The molecule has 0 aliphatic carbocycles. The average molecular weight is 548 g/mol. The second-order valence-corrected chi connectivity index (χ2v) is 9.49. The predicted octanol–water partition coefficient (Wildman–Crippen LogP) is 2.65. The minimum absolute atomic E-state index is 0.206. The number of hydrogen-bond acceptors (Lipinski definition) is 7. The van der Waals surface area contributed by atoms with Gasteiger partial charge >= 0.3 is 0 Å². The number of hydrogen-bond donors (Lipinski definition) is 1. The first-order chi connectivity index (χ1) is 14.4. The van der Waals surface area contributed by atoms with Crippen LogP contribution in [0.3, 0.4) is 0 Å². The molecule has 2 aromatic rings. The summed E-state index contributed by atoms with van der Waals surface area (Å²) in [4.78, 5) is 0. The van der Waals surface area contributed by atoms with Gasteiger partial charge in [-0.1, -0.05) is 83.3 Å². The van der Waals surface area contributed by atoms with Crippen molar-refractivity contribution in [2.24, 2.45) is 0 Å². The number of alkyl halides is 1. The first kappa shape index (κ1) is 23.6. The van der Waals surface area contributed by atoms with E-state index < -0.39 is 40.8 Å². The van der Waals surface area contributed by atoms with Crippen molar-refractivity contribution in [3.8, 4) is 0 Å². The van der Waals surface area contributed by atoms with Gasteiger partial charge in [0.2, 0.25) is 0 Å². The maximum Gasteiger partial charge on any atom is 0.264 e. The molecule has 9 heteroatoms. The lowest BCUT2D eigenvalue weighted by molar-refractivity contribution is -0.293. The molecule has 1 aliphatic heterocycles. The van der Waals surface area contributed by atoms with Crippen LogP contribution in [0, 0.1) is 0 Å². The van der Waals surface area contributed by atoms with Gasteiger partial charge in [0.25, 0.3) is 10.1 Å². The van der Waals surface area contributed by atoms with Gasteiger partial charge in [0.05, 0.1) is 25.6 Å². The molecule has 7 nitrogen and oxygen atoms in total. The Kier molecular flexibility index (Phi) is 8.63. The number of rotatable bonds is 9. The molecular formula is C21H25IO7S. The molecule has 0 spiro atoms. The highest BCUT2D eigenvalue weighted by Gasteiger charge is 2.48. The Hall–Kier alpha value is -1.08. The molecule has 1 saturated heterocycles. The van der Waals surface area contributed by atoms with Gasteiger partial charge in [-0.15, -0.1) is 0 Å². The summed E-state index contributed by atoms with van der Waals surface area (Å²) in [6.45, 7) is 0.415. The van der Waals surface area contributed by atoms with E-state index in [0.717, 1.165) is 17.4 Å². The third kappa shape index (κ3) is 6.71. The van der Waals surface area contributed by atoms with Gasteiger partial charge < -0.3 is 19.3 Å². The van der Waals surface area contributed by atoms with Gasteiger partial charge in [-0.2, -0.15) is 8.42 Å². The van der Waals surface area contributed by atoms with Crippen LogP contribution in [0.1, 0.15) is 11.1 Å². The Labute approximate surface area is 190 Å². The van der Waals surface area contributed by atoms with Gasteiger partial charge in [-0.05, 0) is 11.1 Å². The fourth-order valence-electron chi connectivity index (χ4n) is 3.24. The molecule has 0 amide bonds. The van der Waals surface area contributed by atoms with Gasteiger partial charge in [0.15, 0.2) is 6.29 Å². The van der Waals surface area contributed by atoms with Gasteiger partial charge in [0, 0.05) is 4.43 Å². The molecule has 3 rings (SSSR count). The highest BCUT2D eigenvalue weighted by atomic mass is 127. The standard InChI is InChI=1S/C21H25IO7S/c1-30(24,25)29-18-17(12-22)28-21(23)20(27-14-16-10-6-3-7-11-16)19(18)26-13-15-8-4-2-5-9-15/h2-11,17-21,23H,12-14H2,1H3/t17-,18-,19+,20-,21+/m1/s1. The third-order valence-electron chi connectivity index (χ3n) is 4.62. The number of ether oxygens (including phenoxy) is 3. The van der Waals surface area contributed by atoms with E-state index >= 15 is 0 Å². The summed E-state index contributed by atoms with van der Waals surface area (Å²) in [7, 11) is -3.79. The van der Waals surface area contributed by atoms with Crippen molar-refractivity contribution in [1.29, 1.82) is 0 Å². The normalized spacial score (nSPS) is 27.1. The van der Waals surface area contributed by atoms with Crippen molar-refractivity contribution in [2.75, 3.05) is 10.7 Å². The highest BCUT2D eigenvalue weighted by molar-refractivity contribution is 14.1. The summed E-state index contributed by atoms with van der Waals surface area (Å²) in [5.74, 6) is 0. The molecule has 1 heterocycles. The van der Waals surface area contributed by atoms with Crippen LogP contribution in [-0.4, -0.2) is 54.9 Å². The Morgan fingerprint density at radius 3 is 1.87 bits per heavy atom.